The van der Waals surface area contributed by atoms with Crippen molar-refractivity contribution in [2.45, 2.75) is 58.4 Å². The Labute approximate surface area is 236 Å². The van der Waals surface area contributed by atoms with Crippen LogP contribution in [0.15, 0.2) is 54.7 Å². The van der Waals surface area contributed by atoms with Gasteiger partial charge in [-0.25, -0.2) is 5.10 Å². The van der Waals surface area contributed by atoms with Gasteiger partial charge in [-0.3, -0.25) is 14.6 Å². The van der Waals surface area contributed by atoms with E-state index in [1.54, 1.807) is 11.8 Å². The van der Waals surface area contributed by atoms with E-state index in [9.17, 15) is 9.59 Å². The standard InChI is InChI=1S/C27H36N6O4S2/c1-5-8-10-17(6-2)25-28-14-18(7-3)22(38-25)16-36-23-13-21(37-32-23)24(34)29-20-15-33(4)12-9-11-19(20)26-30-31-27(35)39-26/h6,8,10,13,19-20H,5,7,9,11-12,14-16H2,1-4H3,(H,29,34)(H,31,35)/b10-8-,17-6+/t19-,20+/m0/s1. The monoisotopic (exact) mass is 572 g/mol. The topological polar surface area (TPSA) is 126 Å². The first kappa shape index (κ1) is 29.0. The summed E-state index contributed by atoms with van der Waals surface area (Å²) in [6.07, 6.45) is 9.92. The van der Waals surface area contributed by atoms with Gasteiger partial charge in [0, 0.05) is 22.9 Å². The number of likely N-dealkylation sites (N-methyl/N-ethyl adjacent to an activating group) is 1. The molecule has 0 spiro atoms. The summed E-state index contributed by atoms with van der Waals surface area (Å²) in [7, 11) is 2.02. The lowest BCUT2D eigenvalue weighted by Crippen LogP contribution is -2.44. The van der Waals surface area contributed by atoms with Gasteiger partial charge in [0.15, 0.2) is 0 Å². The fourth-order valence-corrected chi connectivity index (χ4v) is 6.54. The van der Waals surface area contributed by atoms with Crippen molar-refractivity contribution >= 4 is 34.0 Å². The number of thioether (sulfide) groups is 1. The summed E-state index contributed by atoms with van der Waals surface area (Å²) >= 11 is 2.71. The van der Waals surface area contributed by atoms with Crippen LogP contribution in [0.3, 0.4) is 0 Å². The van der Waals surface area contributed by atoms with Crippen LogP contribution in [0.2, 0.25) is 0 Å². The molecule has 1 fully saturated rings. The zero-order chi connectivity index (χ0) is 27.8. The third kappa shape index (κ3) is 7.58. The molecule has 0 radical (unpaired) electrons. The molecule has 10 nitrogen and oxygen atoms in total. The number of aromatic nitrogens is 3. The predicted molar refractivity (Wildman–Crippen MR) is 156 cm³/mol. The van der Waals surface area contributed by atoms with Crippen molar-refractivity contribution in [3.63, 3.8) is 0 Å². The van der Waals surface area contributed by atoms with E-state index in [-0.39, 0.29) is 34.4 Å². The predicted octanol–water partition coefficient (Wildman–Crippen LogP) is 4.53. The maximum atomic E-state index is 13.1. The molecule has 4 heterocycles. The second-order valence-electron chi connectivity index (χ2n) is 9.52. The molecule has 1 saturated heterocycles. The van der Waals surface area contributed by atoms with Crippen molar-refractivity contribution < 1.29 is 14.1 Å². The van der Waals surface area contributed by atoms with Gasteiger partial charge in [-0.2, -0.15) is 5.10 Å². The number of carbonyl (C=O) groups is 1. The van der Waals surface area contributed by atoms with Crippen molar-refractivity contribution in [1.82, 2.24) is 25.6 Å². The van der Waals surface area contributed by atoms with Gasteiger partial charge in [-0.1, -0.05) is 55.2 Å². The molecule has 0 unspecified atom stereocenters. The summed E-state index contributed by atoms with van der Waals surface area (Å²) in [6, 6.07) is 1.29. The largest absolute Gasteiger partial charge is 0.470 e. The Morgan fingerprint density at radius 3 is 2.95 bits per heavy atom. The highest BCUT2D eigenvalue weighted by Crippen LogP contribution is 2.32. The maximum Gasteiger partial charge on any atom is 0.322 e. The summed E-state index contributed by atoms with van der Waals surface area (Å²) in [5, 5.41) is 15.4. The number of rotatable bonds is 10. The Morgan fingerprint density at radius 2 is 2.23 bits per heavy atom. The number of hydrogen-bond acceptors (Lipinski definition) is 10. The third-order valence-electron chi connectivity index (χ3n) is 6.75. The van der Waals surface area contributed by atoms with Gasteiger partial charge in [0.05, 0.1) is 18.7 Å². The van der Waals surface area contributed by atoms with Crippen molar-refractivity contribution in [3.8, 4) is 5.88 Å². The lowest BCUT2D eigenvalue weighted by atomic mass is 9.96. The van der Waals surface area contributed by atoms with Crippen LogP contribution >= 0.6 is 23.1 Å². The summed E-state index contributed by atoms with van der Waals surface area (Å²) in [4.78, 5) is 32.7. The number of hydrogen-bond donors (Lipinski definition) is 2. The van der Waals surface area contributed by atoms with Crippen LogP contribution < -0.4 is 14.9 Å². The lowest BCUT2D eigenvalue weighted by molar-refractivity contribution is 0.0886. The first-order chi connectivity index (χ1) is 18.9. The Balaban J connectivity index is 1.40. The number of likely N-dealkylation sites (tertiary alicyclic amines) is 1. The second-order valence-corrected chi connectivity index (χ2v) is 11.6. The minimum atomic E-state index is -0.374. The summed E-state index contributed by atoms with van der Waals surface area (Å²) in [6.45, 7) is 8.75. The van der Waals surface area contributed by atoms with Gasteiger partial charge in [-0.15, -0.1) is 0 Å². The maximum absolute atomic E-state index is 13.1. The molecule has 12 heteroatoms. The third-order valence-corrected chi connectivity index (χ3v) is 8.84. The van der Waals surface area contributed by atoms with Gasteiger partial charge in [-0.05, 0) is 56.9 Å². The first-order valence-electron chi connectivity index (χ1n) is 13.3. The van der Waals surface area contributed by atoms with Crippen LogP contribution in [0.1, 0.15) is 67.9 Å². The SMILES string of the molecule is C/C=C(\C=C/CC)C1=NCC(CC)=C(COc2cc(C(=O)N[C@@H]3CN(C)CCC[C@@H]3c3n[nH]c(=O)s3)on2)S1. The number of aliphatic imine (C=N–C) groups is 1. The zero-order valence-corrected chi connectivity index (χ0v) is 24.5. The minimum absolute atomic E-state index is 0.0608. The van der Waals surface area contributed by atoms with Crippen LogP contribution in [0.5, 0.6) is 5.88 Å². The van der Waals surface area contributed by atoms with Crippen molar-refractivity contribution in [2.75, 3.05) is 33.3 Å². The normalized spacial score (nSPS) is 21.2. The number of H-pyrrole nitrogens is 1. The minimum Gasteiger partial charge on any atom is -0.470 e. The molecule has 0 aromatic carbocycles. The first-order valence-corrected chi connectivity index (χ1v) is 15.0. The molecule has 0 aliphatic carbocycles. The van der Waals surface area contributed by atoms with Crippen LogP contribution in [-0.4, -0.2) is 70.5 Å². The second kappa shape index (κ2) is 13.9. The molecule has 1 amide bonds. The van der Waals surface area contributed by atoms with Gasteiger partial charge >= 0.3 is 4.87 Å². The van der Waals surface area contributed by atoms with E-state index in [1.165, 1.54) is 11.6 Å². The average Bonchev–Trinajstić information content (AvgIpc) is 3.55. The number of carbonyl (C=O) groups excluding carboxylic acids is 1. The number of aromatic amines is 1. The van der Waals surface area contributed by atoms with Crippen LogP contribution in [-0.2, 0) is 0 Å². The molecule has 0 saturated carbocycles. The molecule has 0 bridgehead atoms. The molecule has 2 N–H and O–H groups in total. The van der Waals surface area contributed by atoms with Crippen molar-refractivity contribution in [3.05, 3.63) is 60.8 Å². The van der Waals surface area contributed by atoms with E-state index in [0.717, 1.165) is 59.1 Å². The van der Waals surface area contributed by atoms with Gasteiger partial charge < -0.3 is 19.5 Å². The van der Waals surface area contributed by atoms with E-state index in [2.05, 4.69) is 57.6 Å². The fourth-order valence-electron chi connectivity index (χ4n) is 4.59. The number of amides is 1. The Bertz CT molecular complexity index is 1320. The average molecular weight is 573 g/mol. The molecular formula is C27H36N6O4S2. The summed E-state index contributed by atoms with van der Waals surface area (Å²) in [5.41, 5.74) is 2.32. The van der Waals surface area contributed by atoms with E-state index in [0.29, 0.717) is 24.7 Å². The van der Waals surface area contributed by atoms with E-state index in [4.69, 9.17) is 14.3 Å². The number of allylic oxidation sites excluding steroid dienone is 3. The lowest BCUT2D eigenvalue weighted by Gasteiger charge is -2.25. The van der Waals surface area contributed by atoms with E-state index < -0.39 is 0 Å². The molecule has 39 heavy (non-hydrogen) atoms. The molecule has 2 aliphatic rings. The van der Waals surface area contributed by atoms with Crippen molar-refractivity contribution in [1.29, 1.82) is 0 Å². The van der Waals surface area contributed by atoms with Crippen molar-refractivity contribution in [2.24, 2.45) is 4.99 Å². The smallest absolute Gasteiger partial charge is 0.322 e. The van der Waals surface area contributed by atoms with E-state index >= 15 is 0 Å². The van der Waals surface area contributed by atoms with Gasteiger partial charge in [0.2, 0.25) is 5.76 Å². The quantitative estimate of drug-likeness (QED) is 0.398. The molecule has 2 atom stereocenters. The molecule has 210 valence electrons. The highest BCUT2D eigenvalue weighted by molar-refractivity contribution is 8.17. The molecule has 2 aromatic rings. The highest BCUT2D eigenvalue weighted by Gasteiger charge is 2.32. The van der Waals surface area contributed by atoms with Crippen LogP contribution in [0.4, 0.5) is 0 Å². The summed E-state index contributed by atoms with van der Waals surface area (Å²) in [5.74, 6) is -0.102. The van der Waals surface area contributed by atoms with Crippen LogP contribution in [0, 0.1) is 0 Å². The number of nitrogens with zero attached hydrogens (tertiary/aromatic N) is 4. The number of nitrogens with one attached hydrogen (secondary N) is 2. The molecular weight excluding hydrogens is 536 g/mol. The van der Waals surface area contributed by atoms with Crippen LogP contribution in [0.25, 0.3) is 0 Å². The number of ether oxygens (including phenoxy) is 1. The van der Waals surface area contributed by atoms with Gasteiger partial charge in [0.1, 0.15) is 16.7 Å². The highest BCUT2D eigenvalue weighted by atomic mass is 32.2. The zero-order valence-electron chi connectivity index (χ0n) is 22.9. The summed E-state index contributed by atoms with van der Waals surface area (Å²) < 4.78 is 11.3. The molecule has 4 rings (SSSR count). The molecule has 2 aliphatic heterocycles. The fraction of sp³-hybridized carbons (Fsp3) is 0.519. The Hall–Kier alpha value is -2.96. The Morgan fingerprint density at radius 1 is 1.38 bits per heavy atom. The van der Waals surface area contributed by atoms with Gasteiger partial charge in [0.25, 0.3) is 11.8 Å². The molecule has 2 aromatic heterocycles. The Kier molecular flexibility index (Phi) is 10.4. The van der Waals surface area contributed by atoms with E-state index in [1.807, 2.05) is 14.0 Å².